The Labute approximate surface area is 161 Å². The number of esters is 1. The molecule has 6 nitrogen and oxygen atoms in total. The average Bonchev–Trinajstić information content (AvgIpc) is 3.16. The van der Waals surface area contributed by atoms with Gasteiger partial charge in [-0.25, -0.2) is 4.79 Å². The first-order valence-corrected chi connectivity index (χ1v) is 9.86. The van der Waals surface area contributed by atoms with Crippen LogP contribution in [0.4, 0.5) is 5.69 Å². The number of anilines is 1. The van der Waals surface area contributed by atoms with Crippen LogP contribution in [0.1, 0.15) is 19.8 Å². The van der Waals surface area contributed by atoms with E-state index in [1.807, 2.05) is 49.4 Å². The van der Waals surface area contributed by atoms with E-state index in [-0.39, 0.29) is 17.4 Å². The van der Waals surface area contributed by atoms with Gasteiger partial charge in [0.25, 0.3) is 5.91 Å². The molecule has 2 amide bonds. The van der Waals surface area contributed by atoms with Crippen molar-refractivity contribution in [1.29, 1.82) is 0 Å². The van der Waals surface area contributed by atoms with Crippen molar-refractivity contribution in [3.05, 3.63) is 42.5 Å². The number of ether oxygens (including phenoxy) is 1. The third-order valence-electron chi connectivity index (χ3n) is 5.10. The van der Waals surface area contributed by atoms with Crippen LogP contribution < -0.4 is 5.32 Å². The largest absolute Gasteiger partial charge is 0.454 e. The van der Waals surface area contributed by atoms with Crippen molar-refractivity contribution in [2.45, 2.75) is 30.7 Å². The standard InChI is InChI=1S/C20H20N2O4S/c1-20-9-8-18(24)22(20)16(12-27-20)19(25)26-11-17(23)21-15-7-6-13-4-2-3-5-14(13)10-15/h2-7,10,16H,8-9,11-12H2,1H3,(H,21,23)/t16-,20+/m1/s1. The summed E-state index contributed by atoms with van der Waals surface area (Å²) in [7, 11) is 0. The van der Waals surface area contributed by atoms with Crippen LogP contribution in [0.2, 0.25) is 0 Å². The van der Waals surface area contributed by atoms with Crippen LogP contribution in [0.15, 0.2) is 42.5 Å². The van der Waals surface area contributed by atoms with Crippen molar-refractivity contribution in [3.8, 4) is 0 Å². The quantitative estimate of drug-likeness (QED) is 0.821. The van der Waals surface area contributed by atoms with Gasteiger partial charge in [0.1, 0.15) is 6.04 Å². The predicted octanol–water partition coefficient (Wildman–Crippen LogP) is 2.78. The second-order valence-electron chi connectivity index (χ2n) is 6.98. The number of carbonyl (C=O) groups is 3. The van der Waals surface area contributed by atoms with E-state index in [2.05, 4.69) is 5.32 Å². The molecule has 2 aliphatic rings. The number of amides is 2. The third-order valence-corrected chi connectivity index (χ3v) is 6.60. The van der Waals surface area contributed by atoms with Gasteiger partial charge in [-0.1, -0.05) is 30.3 Å². The molecule has 140 valence electrons. The molecule has 2 atom stereocenters. The zero-order valence-electron chi connectivity index (χ0n) is 14.9. The summed E-state index contributed by atoms with van der Waals surface area (Å²) in [5, 5.41) is 4.84. The number of fused-ring (bicyclic) bond motifs is 2. The fraction of sp³-hybridized carbons (Fsp3) is 0.350. The van der Waals surface area contributed by atoms with E-state index in [1.165, 1.54) is 0 Å². The van der Waals surface area contributed by atoms with Crippen LogP contribution in [-0.4, -0.2) is 46.0 Å². The van der Waals surface area contributed by atoms with Gasteiger partial charge in [0.15, 0.2) is 6.61 Å². The molecule has 2 heterocycles. The van der Waals surface area contributed by atoms with Gasteiger partial charge in [-0.2, -0.15) is 0 Å². The highest BCUT2D eigenvalue weighted by Gasteiger charge is 2.53. The maximum Gasteiger partial charge on any atom is 0.330 e. The Morgan fingerprint density at radius 1 is 1.26 bits per heavy atom. The van der Waals surface area contributed by atoms with Gasteiger partial charge in [0.05, 0.1) is 4.87 Å². The van der Waals surface area contributed by atoms with E-state index in [1.54, 1.807) is 16.7 Å². The molecule has 2 fully saturated rings. The van der Waals surface area contributed by atoms with Crippen LogP contribution in [0, 0.1) is 0 Å². The number of nitrogens with one attached hydrogen (secondary N) is 1. The van der Waals surface area contributed by atoms with Gasteiger partial charge in [0.2, 0.25) is 5.91 Å². The van der Waals surface area contributed by atoms with Gasteiger partial charge in [-0.3, -0.25) is 9.59 Å². The lowest BCUT2D eigenvalue weighted by Gasteiger charge is -2.29. The van der Waals surface area contributed by atoms with Crippen LogP contribution in [0.25, 0.3) is 10.8 Å². The van der Waals surface area contributed by atoms with Crippen molar-refractivity contribution >= 4 is 46.0 Å². The lowest BCUT2D eigenvalue weighted by atomic mass is 10.1. The van der Waals surface area contributed by atoms with Crippen molar-refractivity contribution in [2.75, 3.05) is 17.7 Å². The SMILES string of the molecule is C[C@]12CCC(=O)N1[C@@H](C(=O)OCC(=O)Nc1ccc3ccccc3c1)CS2. The molecule has 27 heavy (non-hydrogen) atoms. The van der Waals surface area contributed by atoms with Crippen molar-refractivity contribution in [3.63, 3.8) is 0 Å². The van der Waals surface area contributed by atoms with Gasteiger partial charge in [0, 0.05) is 17.9 Å². The Morgan fingerprint density at radius 2 is 2.04 bits per heavy atom. The Bertz CT molecular complexity index is 931. The first kappa shape index (κ1) is 17.9. The molecule has 0 aliphatic carbocycles. The fourth-order valence-electron chi connectivity index (χ4n) is 3.69. The second kappa shape index (κ2) is 6.88. The molecule has 0 bridgehead atoms. The molecular formula is C20H20N2O4S. The highest BCUT2D eigenvalue weighted by atomic mass is 32.2. The first-order chi connectivity index (χ1) is 13.0. The Balaban J connectivity index is 1.35. The number of nitrogens with zero attached hydrogens (tertiary/aromatic N) is 1. The molecule has 2 aliphatic heterocycles. The number of rotatable bonds is 4. The molecule has 0 saturated carbocycles. The number of hydrogen-bond acceptors (Lipinski definition) is 5. The van der Waals surface area contributed by atoms with Crippen molar-refractivity contribution < 1.29 is 19.1 Å². The minimum atomic E-state index is -0.608. The number of thioether (sulfide) groups is 1. The molecule has 2 aromatic carbocycles. The highest BCUT2D eigenvalue weighted by molar-refractivity contribution is 8.01. The Kier molecular flexibility index (Phi) is 4.55. The summed E-state index contributed by atoms with van der Waals surface area (Å²) < 4.78 is 5.19. The van der Waals surface area contributed by atoms with E-state index in [0.29, 0.717) is 17.9 Å². The Morgan fingerprint density at radius 3 is 2.85 bits per heavy atom. The summed E-state index contributed by atoms with van der Waals surface area (Å²) in [6.45, 7) is 1.61. The summed E-state index contributed by atoms with van der Waals surface area (Å²) in [6.07, 6.45) is 1.19. The van der Waals surface area contributed by atoms with Crippen molar-refractivity contribution in [1.82, 2.24) is 4.90 Å². The third kappa shape index (κ3) is 3.39. The zero-order valence-corrected chi connectivity index (χ0v) is 15.8. The lowest BCUT2D eigenvalue weighted by molar-refractivity contribution is -0.155. The maximum atomic E-state index is 12.4. The molecule has 0 radical (unpaired) electrons. The van der Waals surface area contributed by atoms with E-state index in [9.17, 15) is 14.4 Å². The molecule has 2 saturated heterocycles. The van der Waals surface area contributed by atoms with Crippen molar-refractivity contribution in [2.24, 2.45) is 0 Å². The fourth-order valence-corrected chi connectivity index (χ4v) is 5.11. The van der Waals surface area contributed by atoms with Gasteiger partial charge >= 0.3 is 5.97 Å². The van der Waals surface area contributed by atoms with E-state index >= 15 is 0 Å². The van der Waals surface area contributed by atoms with Crippen LogP contribution in [0.5, 0.6) is 0 Å². The van der Waals surface area contributed by atoms with Gasteiger partial charge in [-0.05, 0) is 36.2 Å². The van der Waals surface area contributed by atoms with Gasteiger partial charge < -0.3 is 15.0 Å². The minimum absolute atomic E-state index is 0.0231. The molecule has 1 N–H and O–H groups in total. The maximum absolute atomic E-state index is 12.4. The molecule has 0 aromatic heterocycles. The second-order valence-corrected chi connectivity index (χ2v) is 8.48. The minimum Gasteiger partial charge on any atom is -0.454 e. The zero-order chi connectivity index (χ0) is 19.0. The monoisotopic (exact) mass is 384 g/mol. The molecule has 7 heteroatoms. The topological polar surface area (TPSA) is 75.7 Å². The number of hydrogen-bond donors (Lipinski definition) is 1. The molecule has 4 rings (SSSR count). The average molecular weight is 384 g/mol. The highest BCUT2D eigenvalue weighted by Crippen LogP contribution is 2.47. The van der Waals surface area contributed by atoms with Crippen LogP contribution in [-0.2, 0) is 19.1 Å². The normalized spacial score (nSPS) is 24.1. The summed E-state index contributed by atoms with van der Waals surface area (Å²) in [5.74, 6) is -0.437. The summed E-state index contributed by atoms with van der Waals surface area (Å²) in [6, 6.07) is 12.8. The Hall–Kier alpha value is -2.54. The predicted molar refractivity (Wildman–Crippen MR) is 104 cm³/mol. The van der Waals surface area contributed by atoms with Crippen LogP contribution >= 0.6 is 11.8 Å². The smallest absolute Gasteiger partial charge is 0.330 e. The van der Waals surface area contributed by atoms with E-state index < -0.39 is 17.9 Å². The molecule has 0 spiro atoms. The summed E-state index contributed by atoms with van der Waals surface area (Å²) >= 11 is 1.60. The summed E-state index contributed by atoms with van der Waals surface area (Å²) in [4.78, 5) is 37.9. The first-order valence-electron chi connectivity index (χ1n) is 8.88. The molecular weight excluding hydrogens is 364 g/mol. The molecule has 0 unspecified atom stereocenters. The van der Waals surface area contributed by atoms with E-state index in [4.69, 9.17) is 4.74 Å². The lowest BCUT2D eigenvalue weighted by Crippen LogP contribution is -2.47. The number of benzene rings is 2. The van der Waals surface area contributed by atoms with Gasteiger partial charge in [-0.15, -0.1) is 11.8 Å². The molecule has 2 aromatic rings. The van der Waals surface area contributed by atoms with Crippen LogP contribution in [0.3, 0.4) is 0 Å². The van der Waals surface area contributed by atoms with E-state index in [0.717, 1.165) is 17.2 Å². The number of carbonyl (C=O) groups excluding carboxylic acids is 3. The summed E-state index contributed by atoms with van der Waals surface area (Å²) in [5.41, 5.74) is 0.647.